The third-order valence-electron chi connectivity index (χ3n) is 3.87. The first kappa shape index (κ1) is 20.5. The first-order valence-electron chi connectivity index (χ1n) is 8.15. The van der Waals surface area contributed by atoms with Crippen molar-refractivity contribution in [2.75, 3.05) is 0 Å². The number of carbonyl (C=O) groups excluding carboxylic acids is 1. The molecule has 0 amide bonds. The Kier molecular flexibility index (Phi) is 6.50. The maximum Gasteiger partial charge on any atom is 0.240 e. The number of pyridine rings is 1. The van der Waals surface area contributed by atoms with Gasteiger partial charge < -0.3 is 0 Å². The molecule has 1 aromatic carbocycles. The number of carbonyl (C=O) groups is 1. The summed E-state index contributed by atoms with van der Waals surface area (Å²) < 4.78 is 40.1. The molecule has 3 rings (SSSR count). The molecule has 1 N–H and O–H groups in total. The molecule has 0 saturated carbocycles. The largest absolute Gasteiger partial charge is 0.294 e. The summed E-state index contributed by atoms with van der Waals surface area (Å²) in [5.74, 6) is -0.744. The SMILES string of the molecule is O=C(CCc1cncs1)c1ccc(CNS(=O)(=O)c2ccc(F)c(Cl)c2)nc1. The van der Waals surface area contributed by atoms with Crippen molar-refractivity contribution in [1.29, 1.82) is 0 Å². The van der Waals surface area contributed by atoms with Crippen LogP contribution >= 0.6 is 22.9 Å². The van der Waals surface area contributed by atoms with Gasteiger partial charge in [-0.25, -0.2) is 17.5 Å². The zero-order chi connectivity index (χ0) is 20.1. The van der Waals surface area contributed by atoms with Crippen LogP contribution in [0, 0.1) is 5.82 Å². The van der Waals surface area contributed by atoms with E-state index in [-0.39, 0.29) is 22.2 Å². The number of sulfonamides is 1. The Morgan fingerprint density at radius 1 is 1.21 bits per heavy atom. The van der Waals surface area contributed by atoms with Crippen LogP contribution in [0.5, 0.6) is 0 Å². The number of halogens is 2. The first-order chi connectivity index (χ1) is 13.3. The predicted molar refractivity (Wildman–Crippen MR) is 104 cm³/mol. The van der Waals surface area contributed by atoms with Gasteiger partial charge in [-0.15, -0.1) is 11.3 Å². The molecule has 146 valence electrons. The summed E-state index contributed by atoms with van der Waals surface area (Å²) in [6.07, 6.45) is 4.12. The summed E-state index contributed by atoms with van der Waals surface area (Å²) in [6.45, 7) is -0.0767. The number of aromatic nitrogens is 2. The number of ketones is 1. The van der Waals surface area contributed by atoms with Crippen LogP contribution in [0.25, 0.3) is 0 Å². The summed E-state index contributed by atoms with van der Waals surface area (Å²) in [4.78, 5) is 21.2. The molecule has 0 aliphatic heterocycles. The van der Waals surface area contributed by atoms with E-state index in [4.69, 9.17) is 11.6 Å². The molecule has 0 aliphatic rings. The molecular weight excluding hydrogens is 425 g/mol. The molecule has 0 saturated heterocycles. The van der Waals surface area contributed by atoms with E-state index >= 15 is 0 Å². The molecule has 3 aromatic rings. The Bertz CT molecular complexity index is 1070. The normalized spacial score (nSPS) is 11.5. The average molecular weight is 440 g/mol. The van der Waals surface area contributed by atoms with Crippen molar-refractivity contribution in [3.05, 3.63) is 75.2 Å². The molecule has 0 spiro atoms. The van der Waals surface area contributed by atoms with E-state index in [1.165, 1.54) is 17.5 Å². The van der Waals surface area contributed by atoms with Crippen LogP contribution < -0.4 is 4.72 Å². The minimum atomic E-state index is -3.87. The maximum absolute atomic E-state index is 13.2. The number of aryl methyl sites for hydroxylation is 1. The zero-order valence-corrected chi connectivity index (χ0v) is 16.8. The van der Waals surface area contributed by atoms with Gasteiger partial charge in [-0.3, -0.25) is 14.8 Å². The van der Waals surface area contributed by atoms with Crippen molar-refractivity contribution in [3.63, 3.8) is 0 Å². The molecule has 0 aliphatic carbocycles. The van der Waals surface area contributed by atoms with Crippen LogP contribution in [0.4, 0.5) is 4.39 Å². The van der Waals surface area contributed by atoms with E-state index < -0.39 is 15.8 Å². The number of hydrogen-bond donors (Lipinski definition) is 1. The van der Waals surface area contributed by atoms with Gasteiger partial charge in [-0.2, -0.15) is 0 Å². The molecule has 10 heteroatoms. The average Bonchev–Trinajstić information content (AvgIpc) is 3.20. The Hall–Kier alpha value is -2.20. The highest BCUT2D eigenvalue weighted by Gasteiger charge is 2.16. The van der Waals surface area contributed by atoms with Crippen molar-refractivity contribution in [2.24, 2.45) is 0 Å². The number of nitrogens with zero attached hydrogens (tertiary/aromatic N) is 2. The van der Waals surface area contributed by atoms with Gasteiger partial charge in [0.15, 0.2) is 5.78 Å². The van der Waals surface area contributed by atoms with Crippen LogP contribution in [-0.2, 0) is 23.0 Å². The number of hydrogen-bond acceptors (Lipinski definition) is 6. The molecule has 0 radical (unpaired) electrons. The maximum atomic E-state index is 13.2. The van der Waals surface area contributed by atoms with Crippen LogP contribution in [0.15, 0.2) is 53.1 Å². The van der Waals surface area contributed by atoms with Gasteiger partial charge in [0.05, 0.1) is 27.7 Å². The van der Waals surface area contributed by atoms with E-state index in [2.05, 4.69) is 14.7 Å². The highest BCUT2D eigenvalue weighted by molar-refractivity contribution is 7.89. The minimum absolute atomic E-state index is 0.0472. The molecule has 0 atom stereocenters. The molecule has 0 fully saturated rings. The lowest BCUT2D eigenvalue weighted by Crippen LogP contribution is -2.23. The van der Waals surface area contributed by atoms with E-state index in [0.717, 1.165) is 23.1 Å². The summed E-state index contributed by atoms with van der Waals surface area (Å²) in [5.41, 5.74) is 2.62. The zero-order valence-electron chi connectivity index (χ0n) is 14.4. The number of Topliss-reactive ketones (excluding diaryl/α,β-unsaturated/α-hetero) is 1. The summed E-state index contributed by atoms with van der Waals surface area (Å²) >= 11 is 7.13. The van der Waals surface area contributed by atoms with E-state index in [0.29, 0.717) is 24.1 Å². The van der Waals surface area contributed by atoms with Crippen molar-refractivity contribution in [3.8, 4) is 0 Å². The van der Waals surface area contributed by atoms with Crippen molar-refractivity contribution in [1.82, 2.24) is 14.7 Å². The monoisotopic (exact) mass is 439 g/mol. The van der Waals surface area contributed by atoms with Crippen molar-refractivity contribution < 1.29 is 17.6 Å². The van der Waals surface area contributed by atoms with Gasteiger partial charge in [-0.05, 0) is 36.8 Å². The number of benzene rings is 1. The highest BCUT2D eigenvalue weighted by atomic mass is 35.5. The van der Waals surface area contributed by atoms with E-state index in [1.54, 1.807) is 23.8 Å². The molecule has 0 unspecified atom stereocenters. The molecule has 2 heterocycles. The van der Waals surface area contributed by atoms with Gasteiger partial charge in [-0.1, -0.05) is 11.6 Å². The summed E-state index contributed by atoms with van der Waals surface area (Å²) in [6, 6.07) is 6.35. The van der Waals surface area contributed by atoms with Gasteiger partial charge in [0.25, 0.3) is 0 Å². The fourth-order valence-corrected chi connectivity index (χ4v) is 4.21. The lowest BCUT2D eigenvalue weighted by atomic mass is 10.1. The van der Waals surface area contributed by atoms with Crippen LogP contribution in [0.1, 0.15) is 27.3 Å². The predicted octanol–water partition coefficient (Wildman–Crippen LogP) is 3.62. The molecule has 6 nitrogen and oxygen atoms in total. The third-order valence-corrected chi connectivity index (χ3v) is 6.40. The third kappa shape index (κ3) is 5.20. The lowest BCUT2D eigenvalue weighted by Gasteiger charge is -2.08. The second-order valence-corrected chi connectivity index (χ2v) is 8.97. The van der Waals surface area contributed by atoms with E-state index in [1.807, 2.05) is 0 Å². The number of thiazole rings is 1. The standard InChI is InChI=1S/C18H15ClFN3O3S2/c19-16-7-15(4-5-17(16)20)28(25,26)23-9-13-2-1-12(8-22-13)18(24)6-3-14-10-21-11-27-14/h1-2,4-5,7-8,10-11,23H,3,6,9H2. The van der Waals surface area contributed by atoms with Gasteiger partial charge in [0.2, 0.25) is 10.0 Å². The second kappa shape index (κ2) is 8.87. The molecule has 2 aromatic heterocycles. The number of nitrogens with one attached hydrogen (secondary N) is 1. The Balaban J connectivity index is 1.59. The molecular formula is C18H15ClFN3O3S2. The fraction of sp³-hybridized carbons (Fsp3) is 0.167. The van der Waals surface area contributed by atoms with Crippen LogP contribution in [-0.4, -0.2) is 24.2 Å². The Morgan fingerprint density at radius 2 is 2.04 bits per heavy atom. The first-order valence-corrected chi connectivity index (χ1v) is 10.9. The molecule has 0 bridgehead atoms. The van der Waals surface area contributed by atoms with Crippen molar-refractivity contribution in [2.45, 2.75) is 24.3 Å². The fourth-order valence-electron chi connectivity index (χ4n) is 2.34. The van der Waals surface area contributed by atoms with Gasteiger partial charge in [0, 0.05) is 29.3 Å². The second-order valence-electron chi connectivity index (χ2n) is 5.83. The molecule has 28 heavy (non-hydrogen) atoms. The Morgan fingerprint density at radius 3 is 2.68 bits per heavy atom. The van der Waals surface area contributed by atoms with Crippen LogP contribution in [0.3, 0.4) is 0 Å². The topological polar surface area (TPSA) is 89.0 Å². The smallest absolute Gasteiger partial charge is 0.240 e. The van der Waals surface area contributed by atoms with Gasteiger partial charge in [0.1, 0.15) is 5.82 Å². The summed E-state index contributed by atoms with van der Waals surface area (Å²) in [5, 5.41) is -0.276. The van der Waals surface area contributed by atoms with Gasteiger partial charge >= 0.3 is 0 Å². The summed E-state index contributed by atoms with van der Waals surface area (Å²) in [7, 11) is -3.87. The highest BCUT2D eigenvalue weighted by Crippen LogP contribution is 2.19. The van der Waals surface area contributed by atoms with Crippen molar-refractivity contribution >= 4 is 38.7 Å². The lowest BCUT2D eigenvalue weighted by molar-refractivity contribution is 0.0982. The quantitative estimate of drug-likeness (QED) is 0.541. The van der Waals surface area contributed by atoms with Crippen LogP contribution in [0.2, 0.25) is 5.02 Å². The van der Waals surface area contributed by atoms with E-state index in [9.17, 15) is 17.6 Å². The number of rotatable bonds is 8. The Labute approximate surface area is 170 Å². The minimum Gasteiger partial charge on any atom is -0.294 e.